The van der Waals surface area contributed by atoms with Gasteiger partial charge in [-0.1, -0.05) is 56.9 Å². The zero-order chi connectivity index (χ0) is 12.7. The van der Waals surface area contributed by atoms with Crippen molar-refractivity contribution in [2.75, 3.05) is 0 Å². The maximum atomic E-state index is 5.94. The minimum Gasteiger partial charge on any atom is -0.121 e. The van der Waals surface area contributed by atoms with Crippen LogP contribution in [0, 0.1) is 0 Å². The summed E-state index contributed by atoms with van der Waals surface area (Å²) in [4.78, 5) is 0. The third-order valence-electron chi connectivity index (χ3n) is 2.85. The molecule has 0 fully saturated rings. The number of unbranched alkanes of at least 4 members (excludes halogenated alkanes) is 4. The van der Waals surface area contributed by atoms with E-state index in [2.05, 4.69) is 19.1 Å². The van der Waals surface area contributed by atoms with Gasteiger partial charge in [-0.25, -0.2) is 0 Å². The first-order valence-corrected chi connectivity index (χ1v) is 11.2. The molecule has 0 heterocycles. The highest BCUT2D eigenvalue weighted by Gasteiger charge is 2.27. The van der Waals surface area contributed by atoms with Crippen molar-refractivity contribution in [3.63, 3.8) is 0 Å². The van der Waals surface area contributed by atoms with Crippen LogP contribution in [-0.4, -0.2) is 6.00 Å². The Hall–Kier alpha value is 0.307. The molecule has 0 bridgehead atoms. The van der Waals surface area contributed by atoms with Crippen molar-refractivity contribution < 1.29 is 0 Å². The van der Waals surface area contributed by atoms with Crippen LogP contribution >= 0.6 is 33.2 Å². The average molecular weight is 310 g/mol. The van der Waals surface area contributed by atoms with Gasteiger partial charge in [-0.3, -0.25) is 0 Å². The summed E-state index contributed by atoms with van der Waals surface area (Å²) in [7, 11) is 0. The number of aryl methyl sites for hydroxylation is 1. The standard InChI is InChI=1S/C13H19Cl3Si/c1-2-3-4-5-6-7-12-8-10-13(11-9-12)17(14,15)16/h8-11H,2-7H2,1H3. The van der Waals surface area contributed by atoms with E-state index < -0.39 is 6.00 Å². The van der Waals surface area contributed by atoms with Crippen LogP contribution in [0.1, 0.15) is 44.6 Å². The van der Waals surface area contributed by atoms with Crippen LogP contribution < -0.4 is 5.19 Å². The lowest BCUT2D eigenvalue weighted by molar-refractivity contribution is 0.632. The molecule has 0 aliphatic heterocycles. The summed E-state index contributed by atoms with van der Waals surface area (Å²) in [6, 6.07) is 5.40. The minimum atomic E-state index is -2.69. The van der Waals surface area contributed by atoms with Crippen LogP contribution in [-0.2, 0) is 6.42 Å². The molecule has 0 nitrogen and oxygen atoms in total. The minimum absolute atomic E-state index is 0.872. The van der Waals surface area contributed by atoms with Gasteiger partial charge in [0.05, 0.1) is 0 Å². The highest BCUT2D eigenvalue weighted by molar-refractivity contribution is 7.69. The summed E-state index contributed by atoms with van der Waals surface area (Å²) in [5.41, 5.74) is 1.34. The van der Waals surface area contributed by atoms with E-state index in [1.807, 2.05) is 12.1 Å². The molecule has 0 aromatic heterocycles. The lowest BCUT2D eigenvalue weighted by Gasteiger charge is -2.09. The van der Waals surface area contributed by atoms with Gasteiger partial charge in [-0.05, 0) is 23.6 Å². The van der Waals surface area contributed by atoms with Crippen molar-refractivity contribution in [2.45, 2.75) is 45.4 Å². The maximum absolute atomic E-state index is 5.94. The Bertz CT molecular complexity index is 316. The largest absolute Gasteiger partial charge is 0.372 e. The van der Waals surface area contributed by atoms with Gasteiger partial charge in [0.1, 0.15) is 0 Å². The molecule has 17 heavy (non-hydrogen) atoms. The number of halogens is 3. The third-order valence-corrected chi connectivity index (χ3v) is 5.80. The molecule has 0 radical (unpaired) electrons. The monoisotopic (exact) mass is 308 g/mol. The Labute approximate surface area is 119 Å². The summed E-state index contributed by atoms with van der Waals surface area (Å²) in [5.74, 6) is 0. The predicted molar refractivity (Wildman–Crippen MR) is 81.9 cm³/mol. The van der Waals surface area contributed by atoms with E-state index >= 15 is 0 Å². The van der Waals surface area contributed by atoms with Gasteiger partial charge in [0.2, 0.25) is 0 Å². The van der Waals surface area contributed by atoms with Crippen molar-refractivity contribution in [3.8, 4) is 0 Å². The van der Waals surface area contributed by atoms with Gasteiger partial charge in [0.15, 0.2) is 0 Å². The van der Waals surface area contributed by atoms with E-state index in [0.717, 1.165) is 11.6 Å². The van der Waals surface area contributed by atoms with Crippen molar-refractivity contribution >= 4 is 44.4 Å². The van der Waals surface area contributed by atoms with E-state index in [1.54, 1.807) is 0 Å². The Balaban J connectivity index is 2.36. The predicted octanol–water partition coefficient (Wildman–Crippen LogP) is 5.06. The van der Waals surface area contributed by atoms with E-state index in [0.29, 0.717) is 0 Å². The number of benzene rings is 1. The molecule has 1 rings (SSSR count). The molecule has 96 valence electrons. The normalized spacial score (nSPS) is 11.8. The smallest absolute Gasteiger partial charge is 0.121 e. The van der Waals surface area contributed by atoms with Gasteiger partial charge < -0.3 is 0 Å². The fourth-order valence-electron chi connectivity index (χ4n) is 1.79. The number of hydrogen-bond acceptors (Lipinski definition) is 0. The Morgan fingerprint density at radius 2 is 1.47 bits per heavy atom. The van der Waals surface area contributed by atoms with Crippen LogP contribution in [0.5, 0.6) is 0 Å². The molecule has 0 amide bonds. The Morgan fingerprint density at radius 3 is 2.00 bits per heavy atom. The van der Waals surface area contributed by atoms with E-state index in [-0.39, 0.29) is 0 Å². The summed E-state index contributed by atoms with van der Waals surface area (Å²) in [6.45, 7) is 2.24. The SMILES string of the molecule is CCCCCCCc1ccc([Si](Cl)(Cl)Cl)cc1. The van der Waals surface area contributed by atoms with Crippen LogP contribution in [0.3, 0.4) is 0 Å². The maximum Gasteiger partial charge on any atom is 0.372 e. The summed E-state index contributed by atoms with van der Waals surface area (Å²) in [5, 5.41) is 0.872. The lowest BCUT2D eigenvalue weighted by Crippen LogP contribution is -2.29. The van der Waals surface area contributed by atoms with Gasteiger partial charge in [0.25, 0.3) is 0 Å². The fourth-order valence-corrected chi connectivity index (χ4v) is 3.47. The lowest BCUT2D eigenvalue weighted by atomic mass is 10.1. The highest BCUT2D eigenvalue weighted by atomic mass is 35.8. The van der Waals surface area contributed by atoms with E-state index in [4.69, 9.17) is 33.2 Å². The molecule has 4 heteroatoms. The van der Waals surface area contributed by atoms with Crippen molar-refractivity contribution in [1.82, 2.24) is 0 Å². The molecular weight excluding hydrogens is 291 g/mol. The molecule has 1 aromatic carbocycles. The first kappa shape index (κ1) is 15.4. The molecule has 0 N–H and O–H groups in total. The molecule has 0 saturated carbocycles. The van der Waals surface area contributed by atoms with Crippen LogP contribution in [0.4, 0.5) is 0 Å². The zero-order valence-corrected chi connectivity index (χ0v) is 13.5. The average Bonchev–Trinajstić information content (AvgIpc) is 2.28. The molecule has 0 unspecified atom stereocenters. The van der Waals surface area contributed by atoms with Gasteiger partial charge in [0, 0.05) is 0 Å². The van der Waals surface area contributed by atoms with Crippen molar-refractivity contribution in [2.24, 2.45) is 0 Å². The molecular formula is C13H19Cl3Si. The van der Waals surface area contributed by atoms with Gasteiger partial charge >= 0.3 is 6.00 Å². The molecule has 0 aliphatic rings. The van der Waals surface area contributed by atoms with Crippen LogP contribution in [0.2, 0.25) is 0 Å². The summed E-state index contributed by atoms with van der Waals surface area (Å²) in [6.07, 6.45) is 7.68. The summed E-state index contributed by atoms with van der Waals surface area (Å²) < 4.78 is 0. The third kappa shape index (κ3) is 6.14. The Kier molecular flexibility index (Phi) is 6.94. The van der Waals surface area contributed by atoms with Crippen molar-refractivity contribution in [3.05, 3.63) is 29.8 Å². The fraction of sp³-hybridized carbons (Fsp3) is 0.538. The summed E-state index contributed by atoms with van der Waals surface area (Å²) >= 11 is 17.8. The second-order valence-corrected chi connectivity index (χ2v) is 12.8. The molecule has 0 aliphatic carbocycles. The van der Waals surface area contributed by atoms with E-state index in [1.165, 1.54) is 37.7 Å². The number of rotatable bonds is 7. The van der Waals surface area contributed by atoms with Gasteiger partial charge in [-0.2, -0.15) is 0 Å². The molecule has 0 spiro atoms. The Morgan fingerprint density at radius 1 is 0.882 bits per heavy atom. The van der Waals surface area contributed by atoms with Crippen LogP contribution in [0.25, 0.3) is 0 Å². The van der Waals surface area contributed by atoms with Crippen molar-refractivity contribution in [1.29, 1.82) is 0 Å². The first-order valence-electron chi connectivity index (χ1n) is 6.20. The highest BCUT2D eigenvalue weighted by Crippen LogP contribution is 2.19. The zero-order valence-electron chi connectivity index (χ0n) is 10.2. The topological polar surface area (TPSA) is 0 Å². The molecule has 0 saturated heterocycles. The second kappa shape index (κ2) is 7.68. The molecule has 0 atom stereocenters. The first-order chi connectivity index (χ1) is 8.04. The van der Waals surface area contributed by atoms with Crippen LogP contribution in [0.15, 0.2) is 24.3 Å². The molecule has 1 aromatic rings. The number of hydrogen-bond donors (Lipinski definition) is 0. The second-order valence-electron chi connectivity index (χ2n) is 4.36. The van der Waals surface area contributed by atoms with Gasteiger partial charge in [-0.15, -0.1) is 33.2 Å². The quantitative estimate of drug-likeness (QED) is 0.375. The van der Waals surface area contributed by atoms with E-state index in [9.17, 15) is 0 Å².